The number of halogens is 2. The van der Waals surface area contributed by atoms with E-state index >= 15 is 0 Å². The van der Waals surface area contributed by atoms with Gasteiger partial charge in [-0.1, -0.05) is 24.3 Å². The lowest BCUT2D eigenvalue weighted by Crippen LogP contribution is -2.29. The Morgan fingerprint density at radius 3 is 2.62 bits per heavy atom. The van der Waals surface area contributed by atoms with Gasteiger partial charge in [0.1, 0.15) is 5.71 Å². The van der Waals surface area contributed by atoms with E-state index in [0.29, 0.717) is 12.1 Å². The Balaban J connectivity index is 1.76. The molecule has 6 heteroatoms. The molecule has 4 rings (SSSR count). The zero-order chi connectivity index (χ0) is 18.1. The predicted octanol–water partition coefficient (Wildman–Crippen LogP) is 4.03. The summed E-state index contributed by atoms with van der Waals surface area (Å²) in [6.07, 6.45) is 3.36. The maximum absolute atomic E-state index is 13.5. The maximum atomic E-state index is 13.5. The molecule has 0 unspecified atom stereocenters. The number of hydrogen-bond donors (Lipinski definition) is 0. The second-order valence-electron chi connectivity index (χ2n) is 5.83. The van der Waals surface area contributed by atoms with Gasteiger partial charge in [0.05, 0.1) is 17.9 Å². The Bertz CT molecular complexity index is 1020. The summed E-state index contributed by atoms with van der Waals surface area (Å²) in [5, 5.41) is 0. The van der Waals surface area contributed by atoms with E-state index in [-0.39, 0.29) is 17.3 Å². The number of para-hydroxylation sites is 1. The first-order valence-corrected chi connectivity index (χ1v) is 7.97. The van der Waals surface area contributed by atoms with Crippen molar-refractivity contribution < 1.29 is 13.6 Å². The molecule has 1 aliphatic heterocycles. The van der Waals surface area contributed by atoms with Crippen molar-refractivity contribution in [2.45, 2.75) is 6.54 Å². The van der Waals surface area contributed by atoms with Crippen LogP contribution in [0, 0.1) is 11.6 Å². The number of anilines is 1. The monoisotopic (exact) mass is 349 g/mol. The smallest absolute Gasteiger partial charge is 0.277 e. The van der Waals surface area contributed by atoms with E-state index in [0.717, 1.165) is 23.4 Å². The Morgan fingerprint density at radius 1 is 1.00 bits per heavy atom. The van der Waals surface area contributed by atoms with Gasteiger partial charge in [-0.25, -0.2) is 13.8 Å². The van der Waals surface area contributed by atoms with E-state index in [1.54, 1.807) is 35.5 Å². The molecule has 1 aromatic heterocycles. The zero-order valence-corrected chi connectivity index (χ0v) is 13.6. The van der Waals surface area contributed by atoms with Gasteiger partial charge in [-0.05, 0) is 29.8 Å². The van der Waals surface area contributed by atoms with Crippen LogP contribution in [0.15, 0.2) is 72.0 Å². The highest BCUT2D eigenvalue weighted by Crippen LogP contribution is 2.32. The number of hydrogen-bond acceptors (Lipinski definition) is 3. The van der Waals surface area contributed by atoms with Crippen molar-refractivity contribution in [1.82, 2.24) is 4.98 Å². The van der Waals surface area contributed by atoms with Gasteiger partial charge in [0.25, 0.3) is 5.91 Å². The van der Waals surface area contributed by atoms with E-state index in [1.807, 2.05) is 18.2 Å². The number of aliphatic imine (C=N–C) groups is 1. The molecule has 0 saturated heterocycles. The van der Waals surface area contributed by atoms with E-state index in [2.05, 4.69) is 9.98 Å². The molecular weight excluding hydrogens is 336 g/mol. The average molecular weight is 349 g/mol. The molecule has 26 heavy (non-hydrogen) atoms. The fraction of sp³-hybridized carbons (Fsp3) is 0.0500. The molecule has 0 fully saturated rings. The minimum atomic E-state index is -1.00. The van der Waals surface area contributed by atoms with Gasteiger partial charge in [-0.3, -0.25) is 9.78 Å². The summed E-state index contributed by atoms with van der Waals surface area (Å²) in [4.78, 5) is 22.9. The summed E-state index contributed by atoms with van der Waals surface area (Å²) < 4.78 is 26.6. The van der Waals surface area contributed by atoms with E-state index in [9.17, 15) is 13.6 Å². The van der Waals surface area contributed by atoms with Crippen LogP contribution in [-0.2, 0) is 11.3 Å². The lowest BCUT2D eigenvalue weighted by molar-refractivity contribution is -0.112. The van der Waals surface area contributed by atoms with Gasteiger partial charge in [0, 0.05) is 24.0 Å². The summed E-state index contributed by atoms with van der Waals surface area (Å²) >= 11 is 0. The summed E-state index contributed by atoms with van der Waals surface area (Å²) in [6.45, 7) is 0.348. The minimum Gasteiger partial charge on any atom is -0.302 e. The second kappa shape index (κ2) is 6.48. The van der Waals surface area contributed by atoms with E-state index < -0.39 is 11.6 Å². The van der Waals surface area contributed by atoms with Crippen LogP contribution >= 0.6 is 0 Å². The van der Waals surface area contributed by atoms with Crippen molar-refractivity contribution in [3.8, 4) is 0 Å². The van der Waals surface area contributed by atoms with Crippen LogP contribution in [0.1, 0.15) is 11.1 Å². The molecule has 0 spiro atoms. The molecule has 0 bridgehead atoms. The fourth-order valence-electron chi connectivity index (χ4n) is 2.88. The van der Waals surface area contributed by atoms with Crippen molar-refractivity contribution in [1.29, 1.82) is 0 Å². The molecule has 1 amide bonds. The zero-order valence-electron chi connectivity index (χ0n) is 13.6. The maximum Gasteiger partial charge on any atom is 0.277 e. The van der Waals surface area contributed by atoms with E-state index in [4.69, 9.17) is 0 Å². The standard InChI is InChI=1S/C20H13F2N3O/c21-16-8-7-14(10-17(16)22)24-19-15-5-1-2-6-18(15)25(20(19)26)12-13-4-3-9-23-11-13/h1-11H,12H2/b24-19-. The molecule has 2 heterocycles. The number of benzene rings is 2. The van der Waals surface area contributed by atoms with Gasteiger partial charge in [-0.2, -0.15) is 0 Å². The number of amides is 1. The summed E-state index contributed by atoms with van der Waals surface area (Å²) in [5.41, 5.74) is 2.65. The molecule has 1 aliphatic rings. The predicted molar refractivity (Wildman–Crippen MR) is 94.4 cm³/mol. The Labute approximate surface area is 148 Å². The van der Waals surface area contributed by atoms with Gasteiger partial charge >= 0.3 is 0 Å². The van der Waals surface area contributed by atoms with Crippen LogP contribution in [0.25, 0.3) is 0 Å². The van der Waals surface area contributed by atoms with Gasteiger partial charge < -0.3 is 4.90 Å². The number of carbonyl (C=O) groups is 1. The third-order valence-electron chi connectivity index (χ3n) is 4.11. The van der Waals surface area contributed by atoms with Crippen molar-refractivity contribution in [2.24, 2.45) is 4.99 Å². The highest BCUT2D eigenvalue weighted by Gasteiger charge is 2.33. The number of nitrogens with zero attached hydrogens (tertiary/aromatic N) is 3. The number of fused-ring (bicyclic) bond motifs is 1. The minimum absolute atomic E-state index is 0.185. The number of rotatable bonds is 3. The van der Waals surface area contributed by atoms with Crippen LogP contribution in [0.3, 0.4) is 0 Å². The molecule has 2 aromatic carbocycles. The normalized spacial score (nSPS) is 14.8. The average Bonchev–Trinajstić information content (AvgIpc) is 2.92. The van der Waals surface area contributed by atoms with Crippen molar-refractivity contribution >= 4 is 23.0 Å². The molecule has 0 N–H and O–H groups in total. The number of aromatic nitrogens is 1. The Hall–Kier alpha value is -3.41. The third-order valence-corrected chi connectivity index (χ3v) is 4.11. The molecule has 3 aromatic rings. The quantitative estimate of drug-likeness (QED) is 0.717. The molecule has 128 valence electrons. The highest BCUT2D eigenvalue weighted by atomic mass is 19.2. The Kier molecular flexibility index (Phi) is 4.01. The summed E-state index contributed by atoms with van der Waals surface area (Å²) in [6, 6.07) is 14.3. The molecule has 4 nitrogen and oxygen atoms in total. The molecule has 0 atom stereocenters. The first kappa shape index (κ1) is 16.1. The molecular formula is C20H13F2N3O. The van der Waals surface area contributed by atoms with Crippen LogP contribution in [0.4, 0.5) is 20.2 Å². The third kappa shape index (κ3) is 2.86. The lowest BCUT2D eigenvalue weighted by Gasteiger charge is -2.16. The number of carbonyl (C=O) groups excluding carboxylic acids is 1. The van der Waals surface area contributed by atoms with Crippen molar-refractivity contribution in [2.75, 3.05) is 4.90 Å². The van der Waals surface area contributed by atoms with Crippen molar-refractivity contribution in [3.63, 3.8) is 0 Å². The van der Waals surface area contributed by atoms with Gasteiger partial charge in [0.2, 0.25) is 0 Å². The van der Waals surface area contributed by atoms with Gasteiger partial charge in [0.15, 0.2) is 11.6 Å². The first-order chi connectivity index (χ1) is 12.6. The molecule has 0 aliphatic carbocycles. The molecule has 0 radical (unpaired) electrons. The van der Waals surface area contributed by atoms with Crippen LogP contribution in [-0.4, -0.2) is 16.6 Å². The summed E-state index contributed by atoms with van der Waals surface area (Å²) in [5.74, 6) is -2.25. The number of pyridine rings is 1. The second-order valence-corrected chi connectivity index (χ2v) is 5.83. The SMILES string of the molecule is O=C1/C(=N\c2ccc(F)c(F)c2)c2ccccc2N1Cc1cccnc1. The fourth-order valence-corrected chi connectivity index (χ4v) is 2.88. The topological polar surface area (TPSA) is 45.6 Å². The highest BCUT2D eigenvalue weighted by molar-refractivity contribution is 6.54. The van der Waals surface area contributed by atoms with Crippen molar-refractivity contribution in [3.05, 3.63) is 89.8 Å². The van der Waals surface area contributed by atoms with Crippen LogP contribution in [0.2, 0.25) is 0 Å². The van der Waals surface area contributed by atoms with Gasteiger partial charge in [-0.15, -0.1) is 0 Å². The summed E-state index contributed by atoms with van der Waals surface area (Å²) in [7, 11) is 0. The van der Waals surface area contributed by atoms with Crippen LogP contribution < -0.4 is 4.90 Å². The largest absolute Gasteiger partial charge is 0.302 e. The molecule has 0 saturated carbocycles. The van der Waals surface area contributed by atoms with E-state index in [1.165, 1.54) is 6.07 Å². The lowest BCUT2D eigenvalue weighted by atomic mass is 10.1. The Morgan fingerprint density at radius 2 is 1.85 bits per heavy atom. The first-order valence-electron chi connectivity index (χ1n) is 7.97. The van der Waals surface area contributed by atoms with Crippen LogP contribution in [0.5, 0.6) is 0 Å².